The Bertz CT molecular complexity index is 354. The number of nitrogens with zero attached hydrogens (tertiary/aromatic N) is 3. The van der Waals surface area contributed by atoms with Crippen molar-refractivity contribution in [3.05, 3.63) is 23.9 Å². The maximum atomic E-state index is 9.36. The first-order valence-corrected chi connectivity index (χ1v) is 5.45. The van der Waals surface area contributed by atoms with Gasteiger partial charge in [-0.05, 0) is 25.5 Å². The normalized spacial score (nSPS) is 11.9. The topological polar surface area (TPSA) is 60.2 Å². The molecule has 0 bridgehead atoms. The number of aromatic nitrogens is 1. The van der Waals surface area contributed by atoms with Crippen molar-refractivity contribution < 1.29 is 5.11 Å². The number of hydrogen-bond donors (Lipinski definition) is 1. The molecule has 86 valence electrons. The van der Waals surface area contributed by atoms with Gasteiger partial charge >= 0.3 is 0 Å². The Morgan fingerprint density at radius 2 is 2.31 bits per heavy atom. The lowest BCUT2D eigenvalue weighted by Crippen LogP contribution is -2.24. The van der Waals surface area contributed by atoms with E-state index in [0.29, 0.717) is 13.0 Å². The molecule has 0 unspecified atom stereocenters. The maximum absolute atomic E-state index is 9.36. The first kappa shape index (κ1) is 12.5. The second kappa shape index (κ2) is 6.09. The van der Waals surface area contributed by atoms with Crippen molar-refractivity contribution in [3.8, 4) is 6.07 Å². The number of hydrogen-bond acceptors (Lipinski definition) is 4. The molecular formula is C12H17N3O. The lowest BCUT2D eigenvalue weighted by Gasteiger charge is -2.20. The molecule has 16 heavy (non-hydrogen) atoms. The summed E-state index contributed by atoms with van der Waals surface area (Å²) in [6.45, 7) is 5.25. The van der Waals surface area contributed by atoms with Gasteiger partial charge in [0.2, 0.25) is 0 Å². The minimum atomic E-state index is -0.490. The van der Waals surface area contributed by atoms with Crippen molar-refractivity contribution in [2.45, 2.75) is 26.4 Å². The van der Waals surface area contributed by atoms with E-state index in [-0.39, 0.29) is 0 Å². The smallest absolute Gasteiger partial charge is 0.128 e. The summed E-state index contributed by atoms with van der Waals surface area (Å²) >= 11 is 0. The van der Waals surface area contributed by atoms with Gasteiger partial charge in [0.15, 0.2) is 0 Å². The Balaban J connectivity index is 2.75. The second-order valence-electron chi connectivity index (χ2n) is 3.61. The van der Waals surface area contributed by atoms with Crippen LogP contribution < -0.4 is 4.90 Å². The molecule has 1 atom stereocenters. The van der Waals surface area contributed by atoms with Crippen LogP contribution in [0.2, 0.25) is 0 Å². The van der Waals surface area contributed by atoms with Gasteiger partial charge in [0, 0.05) is 19.3 Å². The number of aliphatic hydroxyl groups is 1. The number of rotatable bonds is 5. The van der Waals surface area contributed by atoms with Gasteiger partial charge in [-0.2, -0.15) is 5.26 Å². The Kier molecular flexibility index (Phi) is 4.74. The molecule has 0 radical (unpaired) electrons. The molecule has 0 aromatic carbocycles. The van der Waals surface area contributed by atoms with E-state index in [0.717, 1.165) is 17.9 Å². The molecule has 4 nitrogen and oxygen atoms in total. The van der Waals surface area contributed by atoms with Gasteiger partial charge in [-0.3, -0.25) is 0 Å². The third-order valence-corrected chi connectivity index (χ3v) is 2.45. The number of anilines is 1. The van der Waals surface area contributed by atoms with Crippen LogP contribution in [0.3, 0.4) is 0 Å². The second-order valence-corrected chi connectivity index (χ2v) is 3.61. The van der Waals surface area contributed by atoms with Gasteiger partial charge in [0.25, 0.3) is 0 Å². The van der Waals surface area contributed by atoms with E-state index in [1.54, 1.807) is 13.1 Å². The molecule has 0 aliphatic heterocycles. The molecule has 1 rings (SSSR count). The molecule has 0 saturated carbocycles. The molecule has 0 saturated heterocycles. The molecule has 1 heterocycles. The van der Waals surface area contributed by atoms with Crippen LogP contribution in [0.5, 0.6) is 0 Å². The van der Waals surface area contributed by atoms with Crippen LogP contribution in [0.25, 0.3) is 0 Å². The zero-order chi connectivity index (χ0) is 12.0. The van der Waals surface area contributed by atoms with Crippen molar-refractivity contribution in [2.24, 2.45) is 0 Å². The molecular weight excluding hydrogens is 202 g/mol. The summed E-state index contributed by atoms with van der Waals surface area (Å²) in [5.74, 6) is 0.849. The van der Waals surface area contributed by atoms with Crippen LogP contribution in [0.1, 0.15) is 31.9 Å². The summed E-state index contributed by atoms with van der Waals surface area (Å²) in [5.41, 5.74) is 0.806. The van der Waals surface area contributed by atoms with Crippen molar-refractivity contribution in [1.29, 1.82) is 5.26 Å². The van der Waals surface area contributed by atoms with Gasteiger partial charge in [0.05, 0.1) is 18.6 Å². The quantitative estimate of drug-likeness (QED) is 0.821. The maximum Gasteiger partial charge on any atom is 0.128 e. The van der Waals surface area contributed by atoms with Crippen LogP contribution in [0.15, 0.2) is 18.3 Å². The average Bonchev–Trinajstić information content (AvgIpc) is 2.30. The third-order valence-electron chi connectivity index (χ3n) is 2.45. The lowest BCUT2D eigenvalue weighted by molar-refractivity contribution is 0.199. The Morgan fingerprint density at radius 3 is 2.75 bits per heavy atom. The van der Waals surface area contributed by atoms with Crippen LogP contribution in [-0.4, -0.2) is 23.2 Å². The molecule has 0 aliphatic rings. The average molecular weight is 219 g/mol. The largest absolute Gasteiger partial charge is 0.389 e. The molecule has 1 aromatic heterocycles. The first-order chi connectivity index (χ1) is 7.69. The summed E-state index contributed by atoms with van der Waals surface area (Å²) in [7, 11) is 0. The third kappa shape index (κ3) is 3.21. The lowest BCUT2D eigenvalue weighted by atomic mass is 10.2. The van der Waals surface area contributed by atoms with Crippen LogP contribution in [0, 0.1) is 11.3 Å². The zero-order valence-electron chi connectivity index (χ0n) is 9.72. The van der Waals surface area contributed by atoms with Gasteiger partial charge < -0.3 is 10.0 Å². The van der Waals surface area contributed by atoms with Gasteiger partial charge in [-0.25, -0.2) is 4.98 Å². The van der Waals surface area contributed by atoms with Crippen LogP contribution >= 0.6 is 0 Å². The fourth-order valence-corrected chi connectivity index (χ4v) is 1.45. The fraction of sp³-hybridized carbons (Fsp3) is 0.500. The molecule has 1 aromatic rings. The van der Waals surface area contributed by atoms with E-state index in [1.807, 2.05) is 24.0 Å². The van der Waals surface area contributed by atoms with Gasteiger partial charge in [-0.1, -0.05) is 6.07 Å². The highest BCUT2D eigenvalue weighted by molar-refractivity contribution is 5.39. The minimum Gasteiger partial charge on any atom is -0.389 e. The molecule has 0 aliphatic carbocycles. The van der Waals surface area contributed by atoms with E-state index < -0.39 is 6.10 Å². The van der Waals surface area contributed by atoms with E-state index >= 15 is 0 Å². The Hall–Kier alpha value is -1.60. The van der Waals surface area contributed by atoms with Crippen LogP contribution in [0.4, 0.5) is 5.82 Å². The van der Waals surface area contributed by atoms with E-state index in [2.05, 4.69) is 11.1 Å². The highest BCUT2D eigenvalue weighted by atomic mass is 16.3. The molecule has 0 spiro atoms. The molecule has 0 fully saturated rings. The fourth-order valence-electron chi connectivity index (χ4n) is 1.45. The summed E-state index contributed by atoms with van der Waals surface area (Å²) in [5, 5.41) is 17.9. The standard InChI is InChI=1S/C12H17N3O/c1-3-15(8-4-7-13)12-6-5-11(9-14-12)10(2)16/h5-6,9-10,16H,3-4,8H2,1-2H3/t10-/m1/s1. The molecule has 0 amide bonds. The van der Waals surface area contributed by atoms with Crippen LogP contribution in [-0.2, 0) is 0 Å². The van der Waals surface area contributed by atoms with E-state index in [1.165, 1.54) is 0 Å². The first-order valence-electron chi connectivity index (χ1n) is 5.45. The Labute approximate surface area is 96.2 Å². The van der Waals surface area contributed by atoms with E-state index in [9.17, 15) is 5.11 Å². The highest BCUT2D eigenvalue weighted by Crippen LogP contribution is 2.15. The summed E-state index contributed by atoms with van der Waals surface area (Å²) < 4.78 is 0. The number of nitriles is 1. The zero-order valence-corrected chi connectivity index (χ0v) is 9.72. The molecule has 1 N–H and O–H groups in total. The predicted molar refractivity (Wildman–Crippen MR) is 63.0 cm³/mol. The van der Waals surface area contributed by atoms with Gasteiger partial charge in [-0.15, -0.1) is 0 Å². The van der Waals surface area contributed by atoms with Crippen molar-refractivity contribution in [3.63, 3.8) is 0 Å². The van der Waals surface area contributed by atoms with Crippen molar-refractivity contribution >= 4 is 5.82 Å². The molecule has 4 heteroatoms. The predicted octanol–water partition coefficient (Wildman–Crippen LogP) is 1.87. The van der Waals surface area contributed by atoms with E-state index in [4.69, 9.17) is 5.26 Å². The highest BCUT2D eigenvalue weighted by Gasteiger charge is 2.06. The SMILES string of the molecule is CCN(CCC#N)c1ccc([C@@H](C)O)cn1. The minimum absolute atomic E-state index is 0.490. The van der Waals surface area contributed by atoms with Gasteiger partial charge in [0.1, 0.15) is 5.82 Å². The summed E-state index contributed by atoms with van der Waals surface area (Å²) in [6, 6.07) is 5.86. The Morgan fingerprint density at radius 1 is 1.56 bits per heavy atom. The number of aliphatic hydroxyl groups excluding tert-OH is 1. The van der Waals surface area contributed by atoms with Crippen molar-refractivity contribution in [1.82, 2.24) is 4.98 Å². The monoisotopic (exact) mass is 219 g/mol. The van der Waals surface area contributed by atoms with Crippen molar-refractivity contribution in [2.75, 3.05) is 18.0 Å². The summed E-state index contributed by atoms with van der Waals surface area (Å²) in [4.78, 5) is 6.32. The summed E-state index contributed by atoms with van der Waals surface area (Å²) in [6.07, 6.45) is 1.68. The number of pyridine rings is 1.